The summed E-state index contributed by atoms with van der Waals surface area (Å²) < 4.78 is 58.3. The molecule has 3 aromatic rings. The minimum atomic E-state index is -3.49. The third-order valence-electron chi connectivity index (χ3n) is 8.65. The van der Waals surface area contributed by atoms with Gasteiger partial charge >= 0.3 is 0 Å². The topological polar surface area (TPSA) is 81.5 Å². The average Bonchev–Trinajstić information content (AvgIpc) is 2.87. The second-order valence-corrected chi connectivity index (χ2v) is 12.8. The summed E-state index contributed by atoms with van der Waals surface area (Å²) in [5.74, 6) is -1.62. The number of benzene rings is 1. The number of likely N-dealkylation sites (N-methyl/N-ethyl adjacent to an activating group) is 1. The highest BCUT2D eigenvalue weighted by atomic mass is 32.2. The quantitative estimate of drug-likeness (QED) is 0.398. The zero-order chi connectivity index (χ0) is 29.2. The highest BCUT2D eigenvalue weighted by Gasteiger charge is 2.60. The number of aryl methyl sites for hydroxylation is 1. The smallest absolute Gasteiger partial charge is 0.298 e. The molecular weight excluding hydrogens is 555 g/mol. The Kier molecular flexibility index (Phi) is 7.11. The Bertz CT molecular complexity index is 1550. The molecule has 2 saturated heterocycles. The van der Waals surface area contributed by atoms with Gasteiger partial charge in [-0.15, -0.1) is 0 Å². The lowest BCUT2D eigenvalue weighted by molar-refractivity contribution is -0.150. The number of likely N-dealkylation sites (tertiary alicyclic amines) is 1. The summed E-state index contributed by atoms with van der Waals surface area (Å²) in [5, 5.41) is 3.57. The lowest BCUT2D eigenvalue weighted by atomic mass is 9.59. The number of ether oxygens (including phenoxy) is 2. The number of pyridine rings is 1. The van der Waals surface area contributed by atoms with Crippen molar-refractivity contribution in [3.63, 3.8) is 0 Å². The van der Waals surface area contributed by atoms with Crippen molar-refractivity contribution in [1.29, 1.82) is 0 Å². The van der Waals surface area contributed by atoms with Crippen molar-refractivity contribution in [3.8, 4) is 0 Å². The van der Waals surface area contributed by atoms with Crippen LogP contribution in [0.15, 0.2) is 29.1 Å². The van der Waals surface area contributed by atoms with Crippen LogP contribution in [-0.2, 0) is 34.6 Å². The fourth-order valence-corrected chi connectivity index (χ4v) is 7.55. The van der Waals surface area contributed by atoms with Gasteiger partial charge in [-0.3, -0.25) is 4.79 Å². The Morgan fingerprint density at radius 3 is 2.56 bits per heavy atom. The summed E-state index contributed by atoms with van der Waals surface area (Å²) in [6.07, 6.45) is 1.37. The van der Waals surface area contributed by atoms with Crippen LogP contribution < -0.4 is 10.9 Å². The molecule has 0 amide bonds. The predicted octanol–water partition coefficient (Wildman–Crippen LogP) is 4.18. The van der Waals surface area contributed by atoms with Crippen LogP contribution in [0.2, 0.25) is 0 Å². The zero-order valence-electron chi connectivity index (χ0n) is 23.6. The second kappa shape index (κ2) is 10.3. The first-order valence-corrected chi connectivity index (χ1v) is 14.8. The van der Waals surface area contributed by atoms with Crippen LogP contribution in [0.4, 0.5) is 19.0 Å². The van der Waals surface area contributed by atoms with E-state index in [1.54, 1.807) is 25.6 Å². The van der Waals surface area contributed by atoms with E-state index in [1.165, 1.54) is 12.1 Å². The van der Waals surface area contributed by atoms with Crippen LogP contribution >= 0.6 is 11.8 Å². The van der Waals surface area contributed by atoms with E-state index in [0.29, 0.717) is 30.1 Å². The molecule has 1 aliphatic carbocycles. The molecule has 0 atom stereocenters. The molecule has 3 aliphatic rings. The first-order valence-electron chi connectivity index (χ1n) is 13.7. The molecule has 8 nitrogen and oxygen atoms in total. The van der Waals surface area contributed by atoms with Gasteiger partial charge in [0.25, 0.3) is 11.5 Å². The molecule has 3 fully saturated rings. The lowest BCUT2D eigenvalue weighted by Gasteiger charge is -2.59. The Labute approximate surface area is 240 Å². The van der Waals surface area contributed by atoms with Crippen LogP contribution in [0, 0.1) is 18.2 Å². The third kappa shape index (κ3) is 4.92. The second-order valence-electron chi connectivity index (χ2n) is 11.8. The van der Waals surface area contributed by atoms with Gasteiger partial charge in [0.1, 0.15) is 35.2 Å². The molecule has 4 heterocycles. The highest BCUT2D eigenvalue weighted by molar-refractivity contribution is 8.00. The SMILES string of the molecule is COC1(c2cc3c(NCc4cccc(C(F)(F)COC5CN(C)C5)c4F)nc(C)nc3c(=O)n2C)CC2(CSC2)C1. The number of thioether (sulfide) groups is 1. The summed E-state index contributed by atoms with van der Waals surface area (Å²) in [6.45, 7) is 1.81. The molecule has 1 aromatic carbocycles. The molecule has 220 valence electrons. The summed E-state index contributed by atoms with van der Waals surface area (Å²) in [6, 6.07) is 5.82. The fourth-order valence-electron chi connectivity index (χ4n) is 6.36. The minimum absolute atomic E-state index is 0.0517. The van der Waals surface area contributed by atoms with E-state index in [4.69, 9.17) is 9.47 Å². The Morgan fingerprint density at radius 1 is 1.20 bits per heavy atom. The van der Waals surface area contributed by atoms with E-state index in [1.807, 2.05) is 29.8 Å². The van der Waals surface area contributed by atoms with Gasteiger partial charge in [-0.2, -0.15) is 20.5 Å². The molecule has 2 aromatic heterocycles. The Hall–Kier alpha value is -2.67. The molecule has 1 saturated carbocycles. The Balaban J connectivity index is 1.28. The molecule has 1 spiro atoms. The van der Waals surface area contributed by atoms with Crippen molar-refractivity contribution in [1.82, 2.24) is 19.4 Å². The minimum Gasteiger partial charge on any atom is -0.372 e. The van der Waals surface area contributed by atoms with E-state index in [9.17, 15) is 13.6 Å². The summed E-state index contributed by atoms with van der Waals surface area (Å²) >= 11 is 1.92. The fraction of sp³-hybridized carbons (Fsp3) is 0.552. The zero-order valence-corrected chi connectivity index (χ0v) is 24.4. The molecule has 1 N–H and O–H groups in total. The summed E-state index contributed by atoms with van der Waals surface area (Å²) in [4.78, 5) is 24.3. The van der Waals surface area contributed by atoms with Crippen molar-refractivity contribution in [3.05, 3.63) is 63.1 Å². The first kappa shape index (κ1) is 28.4. The van der Waals surface area contributed by atoms with Crippen LogP contribution in [0.5, 0.6) is 0 Å². The number of rotatable bonds is 9. The number of fused-ring (bicyclic) bond motifs is 1. The number of aromatic nitrogens is 3. The van der Waals surface area contributed by atoms with Crippen molar-refractivity contribution in [2.45, 2.75) is 43.9 Å². The van der Waals surface area contributed by atoms with Gasteiger partial charge < -0.3 is 24.3 Å². The third-order valence-corrected chi connectivity index (χ3v) is 10.3. The van der Waals surface area contributed by atoms with Gasteiger partial charge in [0.05, 0.1) is 22.7 Å². The number of halogens is 3. The molecule has 0 unspecified atom stereocenters. The molecule has 2 aliphatic heterocycles. The number of methoxy groups -OCH3 is 1. The van der Waals surface area contributed by atoms with Crippen molar-refractivity contribution >= 4 is 28.5 Å². The number of nitrogens with zero attached hydrogens (tertiary/aromatic N) is 4. The van der Waals surface area contributed by atoms with Gasteiger partial charge in [0.15, 0.2) is 0 Å². The summed E-state index contributed by atoms with van der Waals surface area (Å²) in [7, 11) is 5.26. The van der Waals surface area contributed by atoms with Gasteiger partial charge in [0, 0.05) is 39.4 Å². The number of alkyl halides is 2. The van der Waals surface area contributed by atoms with E-state index in [-0.39, 0.29) is 34.7 Å². The van der Waals surface area contributed by atoms with Crippen LogP contribution in [0.25, 0.3) is 10.9 Å². The maximum atomic E-state index is 15.4. The monoisotopic (exact) mass is 589 g/mol. The van der Waals surface area contributed by atoms with Crippen LogP contribution in [0.1, 0.15) is 35.5 Å². The largest absolute Gasteiger partial charge is 0.372 e. The summed E-state index contributed by atoms with van der Waals surface area (Å²) in [5.41, 5.74) is -0.312. The van der Waals surface area contributed by atoms with Crippen molar-refractivity contribution in [2.75, 3.05) is 50.7 Å². The van der Waals surface area contributed by atoms with Crippen molar-refractivity contribution in [2.24, 2.45) is 12.5 Å². The lowest BCUT2D eigenvalue weighted by Crippen LogP contribution is -2.58. The van der Waals surface area contributed by atoms with Gasteiger partial charge in [-0.25, -0.2) is 14.4 Å². The normalized spacial score (nSPS) is 20.1. The predicted molar refractivity (Wildman–Crippen MR) is 152 cm³/mol. The molecule has 41 heavy (non-hydrogen) atoms. The maximum Gasteiger partial charge on any atom is 0.298 e. The molecule has 12 heteroatoms. The molecule has 0 bridgehead atoms. The standard InChI is InChI=1S/C29H34F3N5O3S/c1-17-34-24-20(8-22(37(3)26(24)38)28(39-4)12-27(13-28)15-41-16-27)25(35-17)33-9-18-6-5-7-21(23(18)30)29(31,32)14-40-19-10-36(2)11-19/h5-8,19H,9-16H2,1-4H3,(H,33,34,35). The average molecular weight is 590 g/mol. The van der Waals surface area contributed by atoms with Crippen LogP contribution in [-0.4, -0.2) is 70.9 Å². The Morgan fingerprint density at radius 2 is 1.93 bits per heavy atom. The number of hydrogen-bond donors (Lipinski definition) is 1. The highest BCUT2D eigenvalue weighted by Crippen LogP contribution is 2.63. The van der Waals surface area contributed by atoms with Crippen LogP contribution in [0.3, 0.4) is 0 Å². The number of nitrogens with one attached hydrogen (secondary N) is 1. The first-order chi connectivity index (χ1) is 19.5. The number of hydrogen-bond acceptors (Lipinski definition) is 8. The number of anilines is 1. The van der Waals surface area contributed by atoms with E-state index in [2.05, 4.69) is 15.3 Å². The molecular formula is C29H34F3N5O3S. The van der Waals surface area contributed by atoms with E-state index in [0.717, 1.165) is 36.1 Å². The van der Waals surface area contributed by atoms with E-state index >= 15 is 4.39 Å². The molecule has 0 radical (unpaired) electrons. The van der Waals surface area contributed by atoms with E-state index < -0.39 is 29.5 Å². The van der Waals surface area contributed by atoms with Gasteiger partial charge in [-0.05, 0) is 55.9 Å². The maximum absolute atomic E-state index is 15.4. The van der Waals surface area contributed by atoms with Gasteiger partial charge in [-0.1, -0.05) is 12.1 Å². The molecule has 6 rings (SSSR count). The van der Waals surface area contributed by atoms with Crippen molar-refractivity contribution < 1.29 is 22.6 Å². The van der Waals surface area contributed by atoms with Gasteiger partial charge in [0.2, 0.25) is 0 Å².